The van der Waals surface area contributed by atoms with E-state index in [1.165, 1.54) is 25.7 Å². The first kappa shape index (κ1) is 22.5. The van der Waals surface area contributed by atoms with Crippen LogP contribution in [0.4, 0.5) is 0 Å². The first-order chi connectivity index (χ1) is 11.1. The minimum absolute atomic E-state index is 0.633. The fourth-order valence-corrected chi connectivity index (χ4v) is 11.2. The van der Waals surface area contributed by atoms with Crippen LogP contribution in [0.5, 0.6) is 0 Å². The quantitative estimate of drug-likeness (QED) is 0.360. The second-order valence-electron chi connectivity index (χ2n) is 8.28. The summed E-state index contributed by atoms with van der Waals surface area (Å²) in [6, 6.07) is 1.03. The predicted molar refractivity (Wildman–Crippen MR) is 109 cm³/mol. The van der Waals surface area contributed by atoms with Crippen LogP contribution in [-0.2, 0) is 16.8 Å². The summed E-state index contributed by atoms with van der Waals surface area (Å²) in [6.45, 7) is 15.9. The van der Waals surface area contributed by atoms with Crippen LogP contribution in [0.3, 0.4) is 0 Å². The molecular formula is C16H36O4Si4. The van der Waals surface area contributed by atoms with Crippen LogP contribution < -0.4 is 0 Å². The first-order valence-corrected chi connectivity index (χ1v) is 18.7. The molecule has 1 rings (SSSR count). The van der Waals surface area contributed by atoms with Crippen LogP contribution >= 0.6 is 0 Å². The molecule has 1 unspecified atom stereocenters. The van der Waals surface area contributed by atoms with Crippen molar-refractivity contribution in [2.45, 2.75) is 77.9 Å². The second kappa shape index (κ2) is 10.6. The summed E-state index contributed by atoms with van der Waals surface area (Å²) in [5, 5.41) is 0. The van der Waals surface area contributed by atoms with Crippen LogP contribution in [0, 0.1) is 5.92 Å². The van der Waals surface area contributed by atoms with E-state index in [0.717, 1.165) is 12.0 Å². The van der Waals surface area contributed by atoms with Gasteiger partial charge in [0, 0.05) is 6.61 Å². The summed E-state index contributed by atoms with van der Waals surface area (Å²) in [5.41, 5.74) is 0. The zero-order valence-corrected chi connectivity index (χ0v) is 20.6. The average molecular weight is 405 g/mol. The zero-order valence-electron chi connectivity index (χ0n) is 16.6. The summed E-state index contributed by atoms with van der Waals surface area (Å²) in [4.78, 5) is 0. The third-order valence-corrected chi connectivity index (χ3v) is 12.7. The van der Waals surface area contributed by atoms with Gasteiger partial charge in [-0.25, -0.2) is 0 Å². The number of hydrogen-bond acceptors (Lipinski definition) is 4. The highest BCUT2D eigenvalue weighted by molar-refractivity contribution is 6.79. The van der Waals surface area contributed by atoms with Gasteiger partial charge < -0.3 is 16.8 Å². The number of rotatable bonds is 11. The van der Waals surface area contributed by atoms with Crippen molar-refractivity contribution < 1.29 is 16.8 Å². The van der Waals surface area contributed by atoms with Gasteiger partial charge in [0.2, 0.25) is 0 Å². The van der Waals surface area contributed by atoms with Gasteiger partial charge in [0.1, 0.15) is 0 Å². The largest absolute Gasteiger partial charge is 0.556 e. The molecule has 0 bridgehead atoms. The van der Waals surface area contributed by atoms with Crippen LogP contribution in [-0.4, -0.2) is 42.1 Å². The van der Waals surface area contributed by atoms with Gasteiger partial charge in [-0.15, -0.1) is 0 Å². The minimum Gasteiger partial charge on any atom is -0.436 e. The lowest BCUT2D eigenvalue weighted by Crippen LogP contribution is -2.46. The second-order valence-corrected chi connectivity index (χ2v) is 21.2. The molecule has 0 aromatic rings. The van der Waals surface area contributed by atoms with E-state index in [2.05, 4.69) is 51.4 Å². The molecule has 0 amide bonds. The summed E-state index contributed by atoms with van der Waals surface area (Å²) >= 11 is 0. The maximum Gasteiger partial charge on any atom is 0.556 e. The molecule has 0 heterocycles. The molecule has 0 saturated heterocycles. The van der Waals surface area contributed by atoms with Gasteiger partial charge in [-0.3, -0.25) is 0 Å². The molecule has 8 heteroatoms. The van der Waals surface area contributed by atoms with E-state index in [1.54, 1.807) is 0 Å². The van der Waals surface area contributed by atoms with Gasteiger partial charge in [-0.2, -0.15) is 0 Å². The van der Waals surface area contributed by atoms with E-state index in [4.69, 9.17) is 16.8 Å². The Labute approximate surface area is 155 Å². The predicted octanol–water partition coefficient (Wildman–Crippen LogP) is 4.96. The molecule has 0 fully saturated rings. The molecule has 0 aliphatic heterocycles. The maximum atomic E-state index is 6.40. The molecule has 0 N–H and O–H groups in total. The normalized spacial score (nSPS) is 19.5. The summed E-state index contributed by atoms with van der Waals surface area (Å²) in [7, 11) is -6.34. The molecule has 140 valence electrons. The Morgan fingerprint density at radius 2 is 1.67 bits per heavy atom. The third-order valence-electron chi connectivity index (χ3n) is 3.40. The summed E-state index contributed by atoms with van der Waals surface area (Å²) in [6.07, 6.45) is 9.54. The Balaban J connectivity index is 2.62. The lowest BCUT2D eigenvalue weighted by Gasteiger charge is -2.29. The highest BCUT2D eigenvalue weighted by Gasteiger charge is 2.34. The molecule has 1 aliphatic rings. The van der Waals surface area contributed by atoms with Gasteiger partial charge >= 0.3 is 18.8 Å². The van der Waals surface area contributed by atoms with Gasteiger partial charge in [0.05, 0.1) is 0 Å². The Morgan fingerprint density at radius 3 is 2.17 bits per heavy atom. The monoisotopic (exact) mass is 404 g/mol. The third kappa shape index (κ3) is 11.1. The van der Waals surface area contributed by atoms with Crippen LogP contribution in [0.15, 0.2) is 12.2 Å². The first-order valence-electron chi connectivity index (χ1n) is 9.15. The van der Waals surface area contributed by atoms with Crippen LogP contribution in [0.1, 0.15) is 32.6 Å². The van der Waals surface area contributed by atoms with Gasteiger partial charge in [0.25, 0.3) is 0 Å². The fraction of sp³-hybridized carbons (Fsp3) is 0.875. The van der Waals surface area contributed by atoms with E-state index < -0.39 is 35.4 Å². The van der Waals surface area contributed by atoms with Crippen molar-refractivity contribution in [1.29, 1.82) is 0 Å². The van der Waals surface area contributed by atoms with Crippen LogP contribution in [0.2, 0.25) is 45.3 Å². The summed E-state index contributed by atoms with van der Waals surface area (Å²) < 4.78 is 24.7. The van der Waals surface area contributed by atoms with E-state index >= 15 is 0 Å². The number of allylic oxidation sites excluding steroid dienone is 2. The highest BCUT2D eigenvalue weighted by atomic mass is 28.5. The SMILES string of the molecule is CCO[Si](O[Si](CCC1CC=CCC1)O[Si](C)(C)C)O[Si](C)(C)C. The molecule has 0 aromatic heterocycles. The Hall–Kier alpha value is 0.448. The molecule has 0 spiro atoms. The average Bonchev–Trinajstić information content (AvgIpc) is 2.43. The summed E-state index contributed by atoms with van der Waals surface area (Å²) in [5.74, 6) is 0.782. The molecule has 4 nitrogen and oxygen atoms in total. The Kier molecular flexibility index (Phi) is 9.90. The van der Waals surface area contributed by atoms with Crippen molar-refractivity contribution in [3.05, 3.63) is 12.2 Å². The van der Waals surface area contributed by atoms with E-state index in [1.807, 2.05) is 6.92 Å². The standard InChI is InChI=1S/C16H36O4Si4/c1-8-17-22(20-24(5,6)7)18-21(19-23(2,3)4)15-14-16-12-10-9-11-13-16/h9-10,16H,8,11-15H2,1-7H3. The number of hydrogen-bond donors (Lipinski definition) is 0. The lowest BCUT2D eigenvalue weighted by atomic mass is 9.92. The molecule has 0 saturated carbocycles. The fourth-order valence-electron chi connectivity index (χ4n) is 2.45. The molecule has 0 aromatic carbocycles. The molecule has 2 radical (unpaired) electrons. The molecular weight excluding hydrogens is 369 g/mol. The molecule has 1 aliphatic carbocycles. The Bertz CT molecular complexity index is 379. The Morgan fingerprint density at radius 1 is 1.00 bits per heavy atom. The van der Waals surface area contributed by atoms with Gasteiger partial charge in [0.15, 0.2) is 16.6 Å². The molecule has 24 heavy (non-hydrogen) atoms. The van der Waals surface area contributed by atoms with Crippen molar-refractivity contribution in [2.75, 3.05) is 6.61 Å². The van der Waals surface area contributed by atoms with Crippen molar-refractivity contribution in [3.8, 4) is 0 Å². The topological polar surface area (TPSA) is 36.9 Å². The van der Waals surface area contributed by atoms with Gasteiger partial charge in [-0.1, -0.05) is 12.2 Å². The van der Waals surface area contributed by atoms with Crippen LogP contribution in [0.25, 0.3) is 0 Å². The van der Waals surface area contributed by atoms with Gasteiger partial charge in [-0.05, 0) is 83.9 Å². The highest BCUT2D eigenvalue weighted by Crippen LogP contribution is 2.25. The van der Waals surface area contributed by atoms with Crippen molar-refractivity contribution in [3.63, 3.8) is 0 Å². The zero-order chi connectivity index (χ0) is 18.2. The molecule has 1 atom stereocenters. The van der Waals surface area contributed by atoms with Crippen molar-refractivity contribution >= 4 is 35.4 Å². The minimum atomic E-state index is -1.68. The maximum absolute atomic E-state index is 6.40. The van der Waals surface area contributed by atoms with Crippen molar-refractivity contribution in [2.24, 2.45) is 5.92 Å². The van der Waals surface area contributed by atoms with E-state index in [0.29, 0.717) is 6.61 Å². The smallest absolute Gasteiger partial charge is 0.436 e. The van der Waals surface area contributed by atoms with Crippen molar-refractivity contribution in [1.82, 2.24) is 0 Å². The van der Waals surface area contributed by atoms with E-state index in [-0.39, 0.29) is 0 Å². The lowest BCUT2D eigenvalue weighted by molar-refractivity contribution is 0.197. The van der Waals surface area contributed by atoms with E-state index in [9.17, 15) is 0 Å².